The van der Waals surface area contributed by atoms with Crippen molar-refractivity contribution in [1.82, 2.24) is 19.1 Å². The Morgan fingerprint density at radius 3 is 2.41 bits per heavy atom. The number of nitrogens with zero attached hydrogens (tertiary/aromatic N) is 3. The molecule has 1 aliphatic carbocycles. The number of carbonyl (C=O) groups excluding carboxylic acids is 1. The normalized spacial score (nSPS) is 15.4. The number of nitrogens with one attached hydrogen (secondary N) is 1. The SMILES string of the molecule is COc1ccc2c(c1)C=C(c1c(C(=O)O)cnn1C(C)C)Cn1c-2c(C2CCCCC2)c2ccc(C(=O)NS(=O)(=O)C(C)C)cc21. The van der Waals surface area contributed by atoms with Gasteiger partial charge in [-0.05, 0) is 99.6 Å². The molecule has 0 bridgehead atoms. The second-order valence-electron chi connectivity index (χ2n) is 12.8. The molecule has 1 amide bonds. The average molecular weight is 645 g/mol. The van der Waals surface area contributed by atoms with Gasteiger partial charge in [0, 0.05) is 28.1 Å². The van der Waals surface area contributed by atoms with E-state index in [1.54, 1.807) is 23.9 Å². The maximum absolute atomic E-state index is 13.3. The zero-order valence-electron chi connectivity index (χ0n) is 26.8. The van der Waals surface area contributed by atoms with Gasteiger partial charge in [0.2, 0.25) is 10.0 Å². The summed E-state index contributed by atoms with van der Waals surface area (Å²) in [5.74, 6) is -0.783. The predicted octanol–water partition coefficient (Wildman–Crippen LogP) is 6.86. The van der Waals surface area contributed by atoms with Crippen LogP contribution >= 0.6 is 0 Å². The van der Waals surface area contributed by atoms with Crippen molar-refractivity contribution in [2.75, 3.05) is 7.11 Å². The van der Waals surface area contributed by atoms with Crippen molar-refractivity contribution in [2.45, 2.75) is 83.6 Å². The standard InChI is InChI=1S/C35H40N4O6S/c1-20(2)39-32(29(18-36-39)35(41)42)25-15-24-16-26(45-5)12-14-27(24)33-31(22-9-7-6-8-10-22)28-13-11-23(17-30(28)38(33)19-25)34(40)37-46(43,44)21(3)4/h11-18,20-22H,6-10,19H2,1-5H3,(H,37,40)(H,41,42). The van der Waals surface area contributed by atoms with E-state index in [4.69, 9.17) is 4.74 Å². The van der Waals surface area contributed by atoms with Gasteiger partial charge in [0.05, 0.1) is 36.5 Å². The van der Waals surface area contributed by atoms with Gasteiger partial charge in [0.15, 0.2) is 0 Å². The van der Waals surface area contributed by atoms with Crippen molar-refractivity contribution in [3.8, 4) is 17.0 Å². The monoisotopic (exact) mass is 644 g/mol. The highest BCUT2D eigenvalue weighted by molar-refractivity contribution is 7.90. The Kier molecular flexibility index (Phi) is 8.30. The maximum atomic E-state index is 13.3. The zero-order valence-corrected chi connectivity index (χ0v) is 27.6. The van der Waals surface area contributed by atoms with Crippen molar-refractivity contribution < 1.29 is 27.9 Å². The van der Waals surface area contributed by atoms with E-state index in [0.29, 0.717) is 23.9 Å². The minimum Gasteiger partial charge on any atom is -0.497 e. The smallest absolute Gasteiger partial charge is 0.339 e. The Balaban J connectivity index is 1.65. The molecule has 1 aliphatic heterocycles. The maximum Gasteiger partial charge on any atom is 0.339 e. The van der Waals surface area contributed by atoms with E-state index in [0.717, 1.165) is 59.0 Å². The minimum absolute atomic E-state index is 0.103. The molecule has 0 atom stereocenters. The van der Waals surface area contributed by atoms with Crippen molar-refractivity contribution in [3.05, 3.63) is 70.5 Å². The number of benzene rings is 2. The number of sulfonamides is 1. The Morgan fingerprint density at radius 2 is 1.76 bits per heavy atom. The molecular weight excluding hydrogens is 604 g/mol. The van der Waals surface area contributed by atoms with E-state index >= 15 is 0 Å². The Morgan fingerprint density at radius 1 is 1.02 bits per heavy atom. The summed E-state index contributed by atoms with van der Waals surface area (Å²) >= 11 is 0. The number of carbonyl (C=O) groups is 2. The van der Waals surface area contributed by atoms with Crippen molar-refractivity contribution in [3.63, 3.8) is 0 Å². The number of carboxylic acid groups (broad SMARTS) is 1. The Hall–Kier alpha value is -4.38. The number of hydrogen-bond acceptors (Lipinski definition) is 6. The first kappa shape index (κ1) is 31.6. The summed E-state index contributed by atoms with van der Waals surface area (Å²) in [6.07, 6.45) is 8.94. The molecule has 1 saturated carbocycles. The van der Waals surface area contributed by atoms with Crippen molar-refractivity contribution in [1.29, 1.82) is 0 Å². The summed E-state index contributed by atoms with van der Waals surface area (Å²) in [5.41, 5.74) is 6.48. The number of allylic oxidation sites excluding steroid dienone is 1. The van der Waals surface area contributed by atoms with Gasteiger partial charge in [-0.15, -0.1) is 0 Å². The number of carboxylic acids is 1. The first-order chi connectivity index (χ1) is 21.9. The Bertz CT molecular complexity index is 1990. The molecule has 2 aromatic heterocycles. The summed E-state index contributed by atoms with van der Waals surface area (Å²) < 4.78 is 36.9. The largest absolute Gasteiger partial charge is 0.497 e. The van der Waals surface area contributed by atoms with E-state index in [-0.39, 0.29) is 17.2 Å². The fourth-order valence-electron chi connectivity index (χ4n) is 6.86. The van der Waals surface area contributed by atoms with Gasteiger partial charge in [-0.25, -0.2) is 17.9 Å². The molecule has 2 N–H and O–H groups in total. The van der Waals surface area contributed by atoms with Gasteiger partial charge >= 0.3 is 5.97 Å². The van der Waals surface area contributed by atoms with Crippen LogP contribution in [0.5, 0.6) is 5.75 Å². The molecule has 0 unspecified atom stereocenters. The highest BCUT2D eigenvalue weighted by Gasteiger charge is 2.32. The van der Waals surface area contributed by atoms with E-state index in [1.165, 1.54) is 32.0 Å². The summed E-state index contributed by atoms with van der Waals surface area (Å²) in [6, 6.07) is 11.2. The lowest BCUT2D eigenvalue weighted by Gasteiger charge is -2.24. The van der Waals surface area contributed by atoms with E-state index in [1.807, 2.05) is 44.2 Å². The van der Waals surface area contributed by atoms with Gasteiger partial charge in [-0.2, -0.15) is 5.10 Å². The third-order valence-corrected chi connectivity index (χ3v) is 10.9. The van der Waals surface area contributed by atoms with Crippen molar-refractivity contribution in [2.24, 2.45) is 0 Å². The van der Waals surface area contributed by atoms with Crippen LogP contribution in [-0.4, -0.2) is 52.1 Å². The zero-order chi connectivity index (χ0) is 32.9. The van der Waals surface area contributed by atoms with Crippen LogP contribution in [0.15, 0.2) is 42.6 Å². The molecule has 6 rings (SSSR count). The third-order valence-electron chi connectivity index (χ3n) is 9.23. The van der Waals surface area contributed by atoms with Gasteiger partial charge in [-0.1, -0.05) is 25.3 Å². The van der Waals surface area contributed by atoms with E-state index in [9.17, 15) is 23.1 Å². The molecule has 1 fully saturated rings. The molecule has 0 spiro atoms. The molecule has 242 valence electrons. The number of methoxy groups -OCH3 is 1. The fourth-order valence-corrected chi connectivity index (χ4v) is 7.47. The molecule has 0 saturated heterocycles. The first-order valence-corrected chi connectivity index (χ1v) is 17.4. The van der Waals surface area contributed by atoms with Crippen LogP contribution in [0.25, 0.3) is 33.8 Å². The number of fused-ring (bicyclic) bond motifs is 5. The highest BCUT2D eigenvalue weighted by atomic mass is 32.2. The molecule has 2 aliphatic rings. The summed E-state index contributed by atoms with van der Waals surface area (Å²) in [4.78, 5) is 25.8. The van der Waals surface area contributed by atoms with Crippen LogP contribution in [-0.2, 0) is 16.6 Å². The summed E-state index contributed by atoms with van der Waals surface area (Å²) in [5, 5.41) is 14.9. The van der Waals surface area contributed by atoms with Gasteiger partial charge in [0.25, 0.3) is 5.91 Å². The van der Waals surface area contributed by atoms with Crippen LogP contribution < -0.4 is 9.46 Å². The molecular formula is C35H40N4O6S. The lowest BCUT2D eigenvalue weighted by molar-refractivity contribution is 0.0696. The number of aromatic carboxylic acids is 1. The average Bonchev–Trinajstić information content (AvgIpc) is 3.56. The molecule has 3 heterocycles. The molecule has 10 nitrogen and oxygen atoms in total. The molecule has 0 radical (unpaired) electrons. The van der Waals surface area contributed by atoms with Crippen molar-refractivity contribution >= 4 is 44.5 Å². The van der Waals surface area contributed by atoms with Gasteiger partial charge < -0.3 is 14.4 Å². The van der Waals surface area contributed by atoms with Gasteiger partial charge in [-0.3, -0.25) is 9.48 Å². The number of rotatable bonds is 8. The van der Waals surface area contributed by atoms with Crippen LogP contribution in [0.4, 0.5) is 0 Å². The quantitative estimate of drug-likeness (QED) is 0.214. The van der Waals surface area contributed by atoms with E-state index < -0.39 is 27.1 Å². The molecule has 46 heavy (non-hydrogen) atoms. The van der Waals surface area contributed by atoms with Crippen LogP contribution in [0, 0.1) is 0 Å². The van der Waals surface area contributed by atoms with Crippen LogP contribution in [0.2, 0.25) is 0 Å². The first-order valence-electron chi connectivity index (χ1n) is 15.8. The number of aromatic nitrogens is 3. The second-order valence-corrected chi connectivity index (χ2v) is 15.1. The minimum atomic E-state index is -3.84. The molecule has 4 aromatic rings. The summed E-state index contributed by atoms with van der Waals surface area (Å²) in [7, 11) is -2.22. The third kappa shape index (κ3) is 5.50. The Labute approximate surface area is 269 Å². The molecule has 2 aromatic carbocycles. The lowest BCUT2D eigenvalue weighted by Crippen LogP contribution is -2.35. The number of amides is 1. The fraction of sp³-hybridized carbons (Fsp3) is 0.400. The topological polar surface area (TPSA) is 133 Å². The highest BCUT2D eigenvalue weighted by Crippen LogP contribution is 2.48. The summed E-state index contributed by atoms with van der Waals surface area (Å²) in [6.45, 7) is 7.28. The van der Waals surface area contributed by atoms with Gasteiger partial charge in [0.1, 0.15) is 11.3 Å². The van der Waals surface area contributed by atoms with Crippen LogP contribution in [0.3, 0.4) is 0 Å². The van der Waals surface area contributed by atoms with Crippen LogP contribution in [0.1, 0.15) is 109 Å². The predicted molar refractivity (Wildman–Crippen MR) is 179 cm³/mol. The lowest BCUT2D eigenvalue weighted by atomic mass is 9.81. The number of hydrogen-bond donors (Lipinski definition) is 2. The second kappa shape index (κ2) is 12.1. The van der Waals surface area contributed by atoms with E-state index in [2.05, 4.69) is 14.4 Å². The molecule has 11 heteroatoms. The number of ether oxygens (including phenoxy) is 1.